The largest absolute Gasteiger partial charge is 0.280 e. The topological polar surface area (TPSA) is 93.0 Å². The van der Waals surface area contributed by atoms with Gasteiger partial charge in [-0.15, -0.1) is 0 Å². The molecule has 2 aliphatic rings. The first-order valence-electron chi connectivity index (χ1n) is 8.20. The van der Waals surface area contributed by atoms with E-state index in [1.54, 1.807) is 18.2 Å². The molecule has 1 aromatic rings. The molecular formula is C18H19FN6O2. The lowest BCUT2D eigenvalue weighted by atomic mass is 10.1. The van der Waals surface area contributed by atoms with Crippen molar-refractivity contribution >= 4 is 23.2 Å². The Labute approximate surface area is 155 Å². The number of hydrogen-bond acceptors (Lipinski definition) is 8. The van der Waals surface area contributed by atoms with E-state index in [0.29, 0.717) is 24.3 Å². The summed E-state index contributed by atoms with van der Waals surface area (Å²) in [6.07, 6.45) is 13.4. The van der Waals surface area contributed by atoms with Gasteiger partial charge in [0.25, 0.3) is 5.95 Å². The van der Waals surface area contributed by atoms with Crippen molar-refractivity contribution in [3.05, 3.63) is 59.9 Å². The summed E-state index contributed by atoms with van der Waals surface area (Å²) in [7, 11) is 3.06. The third-order valence-electron chi connectivity index (χ3n) is 3.54. The van der Waals surface area contributed by atoms with Crippen LogP contribution in [0.4, 0.5) is 16.2 Å². The molecule has 140 valence electrons. The monoisotopic (exact) mass is 370 g/mol. The Kier molecular flexibility index (Phi) is 6.18. The van der Waals surface area contributed by atoms with Gasteiger partial charge in [-0.1, -0.05) is 12.2 Å². The van der Waals surface area contributed by atoms with Crippen molar-refractivity contribution in [2.45, 2.75) is 12.8 Å². The molecule has 0 saturated heterocycles. The van der Waals surface area contributed by atoms with E-state index in [1.165, 1.54) is 14.2 Å². The molecule has 0 aromatic carbocycles. The molecule has 2 N–H and O–H groups in total. The van der Waals surface area contributed by atoms with E-state index in [2.05, 4.69) is 30.9 Å². The molecule has 9 heteroatoms. The van der Waals surface area contributed by atoms with Crippen molar-refractivity contribution < 1.29 is 14.1 Å². The van der Waals surface area contributed by atoms with E-state index < -0.39 is 5.82 Å². The molecule has 2 aliphatic carbocycles. The molecule has 0 aliphatic heterocycles. The summed E-state index contributed by atoms with van der Waals surface area (Å²) in [5.41, 5.74) is 8.33. The van der Waals surface area contributed by atoms with Gasteiger partial charge in [0.15, 0.2) is 11.6 Å². The lowest BCUT2D eigenvalue weighted by Gasteiger charge is -2.10. The molecule has 1 heterocycles. The van der Waals surface area contributed by atoms with Crippen LogP contribution in [0.1, 0.15) is 12.8 Å². The molecule has 8 nitrogen and oxygen atoms in total. The fraction of sp³-hybridized carbons (Fsp3) is 0.222. The van der Waals surface area contributed by atoms with Gasteiger partial charge in [-0.25, -0.2) is 19.4 Å². The first-order chi connectivity index (χ1) is 13.2. The summed E-state index contributed by atoms with van der Waals surface area (Å²) in [5, 5.41) is 0. The highest BCUT2D eigenvalue weighted by atomic mass is 19.1. The molecule has 0 atom stereocenters. The van der Waals surface area contributed by atoms with Gasteiger partial charge in [0.1, 0.15) is 0 Å². The van der Waals surface area contributed by atoms with Crippen LogP contribution in [-0.2, 0) is 9.68 Å². The van der Waals surface area contributed by atoms with Crippen LogP contribution in [0.2, 0.25) is 0 Å². The van der Waals surface area contributed by atoms with Gasteiger partial charge in [0.05, 0.1) is 31.8 Å². The van der Waals surface area contributed by atoms with Crippen molar-refractivity contribution in [3.63, 3.8) is 0 Å². The zero-order valence-electron chi connectivity index (χ0n) is 14.9. The number of hydrogen-bond donors (Lipinski definition) is 2. The Morgan fingerprint density at radius 2 is 1.56 bits per heavy atom. The summed E-state index contributed by atoms with van der Waals surface area (Å²) in [4.78, 5) is 26.4. The maximum absolute atomic E-state index is 14.1. The number of hydroxylamine groups is 2. The second-order valence-electron chi connectivity index (χ2n) is 5.58. The van der Waals surface area contributed by atoms with Gasteiger partial charge in [-0.2, -0.15) is 4.98 Å². The smallest absolute Gasteiger partial charge is 0.252 e. The Morgan fingerprint density at radius 3 is 2.15 bits per heavy atom. The number of allylic oxidation sites excluding steroid dienone is 6. The fourth-order valence-electron chi connectivity index (χ4n) is 2.45. The minimum absolute atomic E-state index is 0.0853. The van der Waals surface area contributed by atoms with Gasteiger partial charge in [0.2, 0.25) is 0 Å². The average molecular weight is 370 g/mol. The van der Waals surface area contributed by atoms with Crippen molar-refractivity contribution in [1.82, 2.24) is 20.9 Å². The predicted molar refractivity (Wildman–Crippen MR) is 100 cm³/mol. The molecule has 0 radical (unpaired) electrons. The molecule has 0 bridgehead atoms. The number of rotatable bonds is 6. The standard InChI is InChI=1S/C18H19FN6O2/c1-26-24-14-7-3-5-12(9-14)21-17-16(19)11-20-18(23-17)22-13-6-4-8-15(10-13)25-27-2/h3-6,9-11,24-25H,7-8H2,1-2H3. The SMILES string of the molecule is CONC1=CC(=Nc2ncc(F)c(N=C3C=CCC(NOC)=C3)n2)C=CC1. The van der Waals surface area contributed by atoms with E-state index in [9.17, 15) is 4.39 Å². The van der Waals surface area contributed by atoms with E-state index in [1.807, 2.05) is 18.2 Å². The zero-order chi connectivity index (χ0) is 19.1. The third-order valence-corrected chi connectivity index (χ3v) is 3.54. The maximum Gasteiger partial charge on any atom is 0.252 e. The van der Waals surface area contributed by atoms with Gasteiger partial charge in [-0.3, -0.25) is 20.6 Å². The highest BCUT2D eigenvalue weighted by molar-refractivity contribution is 6.07. The summed E-state index contributed by atoms with van der Waals surface area (Å²) < 4.78 is 14.1. The minimum atomic E-state index is -0.628. The highest BCUT2D eigenvalue weighted by Gasteiger charge is 2.10. The number of nitrogens with zero attached hydrogens (tertiary/aromatic N) is 4. The Morgan fingerprint density at radius 1 is 0.963 bits per heavy atom. The Balaban J connectivity index is 1.87. The first-order valence-corrected chi connectivity index (χ1v) is 8.20. The lowest BCUT2D eigenvalue weighted by molar-refractivity contribution is 0.116. The van der Waals surface area contributed by atoms with Crippen molar-refractivity contribution in [2.75, 3.05) is 14.2 Å². The number of aliphatic imine (C=N–C) groups is 2. The van der Waals surface area contributed by atoms with Crippen LogP contribution in [0, 0.1) is 5.82 Å². The first kappa shape index (κ1) is 18.6. The molecule has 3 rings (SSSR count). The van der Waals surface area contributed by atoms with Crippen molar-refractivity contribution in [3.8, 4) is 0 Å². The summed E-state index contributed by atoms with van der Waals surface area (Å²) in [6, 6.07) is 0. The number of nitrogens with one attached hydrogen (secondary N) is 2. The number of aromatic nitrogens is 2. The Bertz CT molecular complexity index is 886. The van der Waals surface area contributed by atoms with E-state index in [-0.39, 0.29) is 11.8 Å². The van der Waals surface area contributed by atoms with Crippen LogP contribution in [-0.4, -0.2) is 35.6 Å². The van der Waals surface area contributed by atoms with Crippen LogP contribution in [0.15, 0.2) is 64.0 Å². The molecule has 0 amide bonds. The molecule has 1 aromatic heterocycles. The van der Waals surface area contributed by atoms with Gasteiger partial charge >= 0.3 is 0 Å². The fourth-order valence-corrected chi connectivity index (χ4v) is 2.45. The molecule has 0 unspecified atom stereocenters. The molecule has 27 heavy (non-hydrogen) atoms. The van der Waals surface area contributed by atoms with Crippen molar-refractivity contribution in [2.24, 2.45) is 9.98 Å². The zero-order valence-corrected chi connectivity index (χ0v) is 14.9. The quantitative estimate of drug-likeness (QED) is 0.748. The van der Waals surface area contributed by atoms with E-state index in [0.717, 1.165) is 17.6 Å². The maximum atomic E-state index is 14.1. The summed E-state index contributed by atoms with van der Waals surface area (Å²) in [6.45, 7) is 0. The van der Waals surface area contributed by atoms with Gasteiger partial charge < -0.3 is 0 Å². The second-order valence-corrected chi connectivity index (χ2v) is 5.58. The van der Waals surface area contributed by atoms with E-state index >= 15 is 0 Å². The normalized spacial score (nSPS) is 19.2. The summed E-state index contributed by atoms with van der Waals surface area (Å²) >= 11 is 0. The van der Waals surface area contributed by atoms with Crippen LogP contribution < -0.4 is 11.0 Å². The van der Waals surface area contributed by atoms with Crippen LogP contribution >= 0.6 is 0 Å². The average Bonchev–Trinajstić information content (AvgIpc) is 2.66. The van der Waals surface area contributed by atoms with Crippen molar-refractivity contribution in [1.29, 1.82) is 0 Å². The van der Waals surface area contributed by atoms with Crippen LogP contribution in [0.3, 0.4) is 0 Å². The second kappa shape index (κ2) is 8.97. The van der Waals surface area contributed by atoms with Crippen LogP contribution in [0.5, 0.6) is 0 Å². The molecule has 0 spiro atoms. The lowest BCUT2D eigenvalue weighted by Crippen LogP contribution is -2.14. The van der Waals surface area contributed by atoms with Crippen LogP contribution in [0.25, 0.3) is 0 Å². The van der Waals surface area contributed by atoms with E-state index in [4.69, 9.17) is 9.68 Å². The summed E-state index contributed by atoms with van der Waals surface area (Å²) in [5.74, 6) is -0.598. The van der Waals surface area contributed by atoms with Gasteiger partial charge in [0, 0.05) is 24.2 Å². The molecule has 0 fully saturated rings. The molecule has 0 saturated carbocycles. The third kappa shape index (κ3) is 5.16. The Hall–Kier alpha value is -3.17. The highest BCUT2D eigenvalue weighted by Crippen LogP contribution is 2.20. The minimum Gasteiger partial charge on any atom is -0.280 e. The predicted octanol–water partition coefficient (Wildman–Crippen LogP) is 2.75. The van der Waals surface area contributed by atoms with Gasteiger partial charge in [-0.05, 0) is 24.3 Å². The molecular weight excluding hydrogens is 351 g/mol. The number of halogens is 1.